The Hall–Kier alpha value is -3.02. The number of methoxy groups -OCH3 is 1. The van der Waals surface area contributed by atoms with Crippen LogP contribution < -0.4 is 15.0 Å². The number of carbonyl (C=O) groups is 2. The first-order valence-corrected chi connectivity index (χ1v) is 8.07. The quantitative estimate of drug-likeness (QED) is 0.805. The van der Waals surface area contributed by atoms with E-state index in [1.807, 2.05) is 13.8 Å². The summed E-state index contributed by atoms with van der Waals surface area (Å²) in [6, 6.07) is 11.5. The van der Waals surface area contributed by atoms with Gasteiger partial charge in [-0.3, -0.25) is 4.79 Å². The van der Waals surface area contributed by atoms with Crippen LogP contribution in [0.3, 0.4) is 0 Å². The van der Waals surface area contributed by atoms with E-state index in [1.54, 1.807) is 43.5 Å². The van der Waals surface area contributed by atoms with Crippen molar-refractivity contribution in [3.8, 4) is 5.75 Å². The normalized spacial score (nSPS) is 10.2. The topological polar surface area (TPSA) is 78.9 Å². The second-order valence-corrected chi connectivity index (χ2v) is 5.39. The molecule has 0 saturated heterocycles. The highest BCUT2D eigenvalue weighted by atomic mass is 16.5. The summed E-state index contributed by atoms with van der Waals surface area (Å²) in [4.78, 5) is 25.8. The molecule has 0 unspecified atom stereocenters. The Morgan fingerprint density at radius 3 is 2.16 bits per heavy atom. The smallest absolute Gasteiger partial charge is 0.335 e. The van der Waals surface area contributed by atoms with Gasteiger partial charge in [0, 0.05) is 18.7 Å². The third kappa shape index (κ3) is 4.29. The molecule has 0 bridgehead atoms. The van der Waals surface area contributed by atoms with Crippen LogP contribution in [0.4, 0.5) is 11.4 Å². The van der Waals surface area contributed by atoms with Gasteiger partial charge in [-0.05, 0) is 56.3 Å². The number of nitrogens with one attached hydrogen (secondary N) is 1. The molecule has 1 amide bonds. The lowest BCUT2D eigenvalue weighted by Gasteiger charge is -2.24. The first-order chi connectivity index (χ1) is 12.0. The molecule has 0 aliphatic rings. The number of rotatable bonds is 7. The number of carboxylic acids is 1. The molecule has 0 spiro atoms. The van der Waals surface area contributed by atoms with E-state index in [4.69, 9.17) is 4.74 Å². The molecular formula is C19H22N2O4. The zero-order chi connectivity index (χ0) is 18.4. The maximum atomic E-state index is 12.5. The van der Waals surface area contributed by atoms with Crippen molar-refractivity contribution >= 4 is 23.3 Å². The number of carboxylic acid groups (broad SMARTS) is 1. The van der Waals surface area contributed by atoms with Crippen LogP contribution in [0.25, 0.3) is 0 Å². The van der Waals surface area contributed by atoms with E-state index in [2.05, 4.69) is 10.2 Å². The van der Waals surface area contributed by atoms with Gasteiger partial charge in [0.25, 0.3) is 5.91 Å². The molecule has 0 radical (unpaired) electrons. The molecular weight excluding hydrogens is 320 g/mol. The summed E-state index contributed by atoms with van der Waals surface area (Å²) < 4.78 is 5.09. The van der Waals surface area contributed by atoms with E-state index >= 15 is 0 Å². The highest BCUT2D eigenvalue weighted by Crippen LogP contribution is 2.28. The highest BCUT2D eigenvalue weighted by molar-refractivity contribution is 6.06. The van der Waals surface area contributed by atoms with Crippen molar-refractivity contribution in [2.75, 3.05) is 30.4 Å². The zero-order valence-corrected chi connectivity index (χ0v) is 14.6. The molecule has 2 aromatic rings. The van der Waals surface area contributed by atoms with Crippen molar-refractivity contribution in [1.29, 1.82) is 0 Å². The van der Waals surface area contributed by atoms with Gasteiger partial charge in [-0.2, -0.15) is 0 Å². The molecule has 2 rings (SSSR count). The lowest BCUT2D eigenvalue weighted by atomic mass is 10.1. The van der Waals surface area contributed by atoms with Crippen LogP contribution in [-0.4, -0.2) is 37.2 Å². The zero-order valence-electron chi connectivity index (χ0n) is 14.6. The number of amides is 1. The number of hydrogen-bond donors (Lipinski definition) is 2. The van der Waals surface area contributed by atoms with Crippen molar-refractivity contribution in [2.24, 2.45) is 0 Å². The Labute approximate surface area is 147 Å². The molecule has 6 nitrogen and oxygen atoms in total. The lowest BCUT2D eigenvalue weighted by Crippen LogP contribution is -2.24. The molecule has 0 heterocycles. The summed E-state index contributed by atoms with van der Waals surface area (Å²) in [5.74, 6) is -0.683. The molecule has 2 aromatic carbocycles. The summed E-state index contributed by atoms with van der Waals surface area (Å²) in [6.45, 7) is 5.50. The van der Waals surface area contributed by atoms with E-state index in [1.165, 1.54) is 6.07 Å². The summed E-state index contributed by atoms with van der Waals surface area (Å²) in [5.41, 5.74) is 1.86. The minimum atomic E-state index is -1.04. The van der Waals surface area contributed by atoms with Crippen LogP contribution in [0, 0.1) is 0 Å². The SMILES string of the molecule is CCN(CC)c1ccc(C(=O)O)cc1NC(=O)c1ccc(OC)cc1. The number of nitrogens with zero attached hydrogens (tertiary/aromatic N) is 1. The van der Waals surface area contributed by atoms with E-state index in [-0.39, 0.29) is 11.5 Å². The van der Waals surface area contributed by atoms with Crippen LogP contribution in [0.1, 0.15) is 34.6 Å². The second kappa shape index (κ2) is 8.19. The first-order valence-electron chi connectivity index (χ1n) is 8.07. The Morgan fingerprint density at radius 2 is 1.64 bits per heavy atom. The molecule has 2 N–H and O–H groups in total. The van der Waals surface area contributed by atoms with Gasteiger partial charge >= 0.3 is 5.97 Å². The van der Waals surface area contributed by atoms with Crippen molar-refractivity contribution < 1.29 is 19.4 Å². The maximum Gasteiger partial charge on any atom is 0.335 e. The van der Waals surface area contributed by atoms with Crippen molar-refractivity contribution in [3.63, 3.8) is 0 Å². The molecule has 6 heteroatoms. The molecule has 25 heavy (non-hydrogen) atoms. The largest absolute Gasteiger partial charge is 0.497 e. The van der Waals surface area contributed by atoms with Crippen LogP contribution in [-0.2, 0) is 0 Å². The summed E-state index contributed by atoms with van der Waals surface area (Å²) in [7, 11) is 1.56. The molecule has 132 valence electrons. The molecule has 0 atom stereocenters. The molecule has 0 saturated carbocycles. The predicted molar refractivity (Wildman–Crippen MR) is 97.9 cm³/mol. The Kier molecular flexibility index (Phi) is 6.00. The summed E-state index contributed by atoms with van der Waals surface area (Å²) in [6.07, 6.45) is 0. The van der Waals surface area contributed by atoms with Crippen molar-refractivity contribution in [1.82, 2.24) is 0 Å². The van der Waals surface area contributed by atoms with Gasteiger partial charge in [0.2, 0.25) is 0 Å². The van der Waals surface area contributed by atoms with Gasteiger partial charge in [-0.1, -0.05) is 0 Å². The standard InChI is InChI=1S/C19H22N2O4/c1-4-21(5-2)17-11-8-14(19(23)24)12-16(17)20-18(22)13-6-9-15(25-3)10-7-13/h6-12H,4-5H2,1-3H3,(H,20,22)(H,23,24). The van der Waals surface area contributed by atoms with Crippen LogP contribution in [0.5, 0.6) is 5.75 Å². The van der Waals surface area contributed by atoms with Gasteiger partial charge in [0.1, 0.15) is 5.75 Å². The van der Waals surface area contributed by atoms with Gasteiger partial charge in [0.15, 0.2) is 0 Å². The third-order valence-electron chi connectivity index (χ3n) is 3.95. The molecule has 0 fully saturated rings. The Balaban J connectivity index is 2.35. The predicted octanol–water partition coefficient (Wildman–Crippen LogP) is 3.49. The van der Waals surface area contributed by atoms with E-state index in [0.717, 1.165) is 18.8 Å². The molecule has 0 aliphatic heterocycles. The Bertz CT molecular complexity index is 753. The fourth-order valence-corrected chi connectivity index (χ4v) is 2.55. The van der Waals surface area contributed by atoms with Gasteiger partial charge in [-0.25, -0.2) is 4.79 Å². The number of anilines is 2. The van der Waals surface area contributed by atoms with E-state index in [9.17, 15) is 14.7 Å². The fraction of sp³-hybridized carbons (Fsp3) is 0.263. The average molecular weight is 342 g/mol. The lowest BCUT2D eigenvalue weighted by molar-refractivity contribution is 0.0696. The van der Waals surface area contributed by atoms with Crippen molar-refractivity contribution in [2.45, 2.75) is 13.8 Å². The van der Waals surface area contributed by atoms with E-state index < -0.39 is 5.97 Å². The Morgan fingerprint density at radius 1 is 1.04 bits per heavy atom. The summed E-state index contributed by atoms with van der Waals surface area (Å²) >= 11 is 0. The van der Waals surface area contributed by atoms with Gasteiger partial charge < -0.3 is 20.1 Å². The second-order valence-electron chi connectivity index (χ2n) is 5.39. The van der Waals surface area contributed by atoms with Gasteiger partial charge in [0.05, 0.1) is 24.0 Å². The maximum absolute atomic E-state index is 12.5. The highest BCUT2D eigenvalue weighted by Gasteiger charge is 2.15. The van der Waals surface area contributed by atoms with E-state index in [0.29, 0.717) is 17.0 Å². The first kappa shape index (κ1) is 18.3. The monoisotopic (exact) mass is 342 g/mol. The minimum Gasteiger partial charge on any atom is -0.497 e. The summed E-state index contributed by atoms with van der Waals surface area (Å²) in [5, 5.41) is 12.0. The van der Waals surface area contributed by atoms with Gasteiger partial charge in [-0.15, -0.1) is 0 Å². The van der Waals surface area contributed by atoms with Crippen LogP contribution in [0.2, 0.25) is 0 Å². The fourth-order valence-electron chi connectivity index (χ4n) is 2.55. The van der Waals surface area contributed by atoms with Crippen LogP contribution in [0.15, 0.2) is 42.5 Å². The number of carbonyl (C=O) groups excluding carboxylic acids is 1. The number of ether oxygens (including phenoxy) is 1. The van der Waals surface area contributed by atoms with Crippen LogP contribution >= 0.6 is 0 Å². The number of aromatic carboxylic acids is 1. The molecule has 0 aromatic heterocycles. The number of benzene rings is 2. The minimum absolute atomic E-state index is 0.126. The number of hydrogen-bond acceptors (Lipinski definition) is 4. The van der Waals surface area contributed by atoms with Crippen molar-refractivity contribution in [3.05, 3.63) is 53.6 Å². The third-order valence-corrected chi connectivity index (χ3v) is 3.95. The average Bonchev–Trinajstić information content (AvgIpc) is 2.63. The molecule has 0 aliphatic carbocycles.